The molecule has 2 heterocycles. The van der Waals surface area contributed by atoms with Gasteiger partial charge in [-0.1, -0.05) is 11.8 Å². The lowest BCUT2D eigenvalue weighted by atomic mass is 10.1. The molecule has 1 atom stereocenters. The van der Waals surface area contributed by atoms with Crippen LogP contribution in [0.3, 0.4) is 0 Å². The van der Waals surface area contributed by atoms with Crippen LogP contribution in [-0.4, -0.2) is 41.4 Å². The highest BCUT2D eigenvalue weighted by Crippen LogP contribution is 2.20. The average Bonchev–Trinajstić information content (AvgIpc) is 3.03. The van der Waals surface area contributed by atoms with Gasteiger partial charge < -0.3 is 15.5 Å². The first kappa shape index (κ1) is 15.8. The van der Waals surface area contributed by atoms with E-state index in [-0.39, 0.29) is 0 Å². The van der Waals surface area contributed by atoms with E-state index in [4.69, 9.17) is 5.84 Å². The molecule has 1 aromatic carbocycles. The Hall–Kier alpha value is -2.06. The van der Waals surface area contributed by atoms with Gasteiger partial charge in [-0.3, -0.25) is 0 Å². The quantitative estimate of drug-likeness (QED) is 0.542. The lowest BCUT2D eigenvalue weighted by Gasteiger charge is -2.12. The van der Waals surface area contributed by atoms with E-state index in [9.17, 15) is 5.11 Å². The van der Waals surface area contributed by atoms with Gasteiger partial charge in [0.2, 0.25) is 5.16 Å². The standard InChI is InChI=1S/C15H20N6OS/c1-9-4-13-14(5-10(9)2)20(8-17-13)6-12(22)7-23-15-19-18-11(3)21(15)16/h4-5,8,12,22H,6-7,16H2,1-3H3. The van der Waals surface area contributed by atoms with E-state index in [2.05, 4.69) is 41.2 Å². The SMILES string of the molecule is Cc1cc2ncn(CC(O)CSc3nnc(C)n3N)c2cc1C. The van der Waals surface area contributed by atoms with Gasteiger partial charge >= 0.3 is 0 Å². The van der Waals surface area contributed by atoms with Gasteiger partial charge in [0.05, 0.1) is 30.0 Å². The van der Waals surface area contributed by atoms with E-state index < -0.39 is 6.10 Å². The fourth-order valence-corrected chi connectivity index (χ4v) is 3.17. The molecular weight excluding hydrogens is 312 g/mol. The minimum atomic E-state index is -0.531. The maximum Gasteiger partial charge on any atom is 0.209 e. The molecule has 23 heavy (non-hydrogen) atoms. The molecule has 0 saturated carbocycles. The molecule has 0 spiro atoms. The highest BCUT2D eigenvalue weighted by Gasteiger charge is 2.13. The summed E-state index contributed by atoms with van der Waals surface area (Å²) in [7, 11) is 0. The van der Waals surface area contributed by atoms with Gasteiger partial charge in [0, 0.05) is 5.75 Å². The van der Waals surface area contributed by atoms with Crippen molar-refractivity contribution in [3.63, 3.8) is 0 Å². The van der Waals surface area contributed by atoms with Crippen molar-refractivity contribution < 1.29 is 5.11 Å². The van der Waals surface area contributed by atoms with Crippen molar-refractivity contribution in [2.75, 3.05) is 11.6 Å². The number of nitrogens with zero attached hydrogens (tertiary/aromatic N) is 5. The Morgan fingerprint density at radius 3 is 2.65 bits per heavy atom. The van der Waals surface area contributed by atoms with Gasteiger partial charge in [0.1, 0.15) is 5.82 Å². The summed E-state index contributed by atoms with van der Waals surface area (Å²) in [6, 6.07) is 4.18. The third kappa shape index (κ3) is 3.18. The Labute approximate surface area is 138 Å². The summed E-state index contributed by atoms with van der Waals surface area (Å²) in [5.74, 6) is 6.94. The number of fused-ring (bicyclic) bond motifs is 1. The molecule has 3 N–H and O–H groups in total. The molecule has 0 saturated heterocycles. The molecule has 7 nitrogen and oxygen atoms in total. The van der Waals surface area contributed by atoms with E-state index in [1.54, 1.807) is 13.3 Å². The molecule has 0 fully saturated rings. The van der Waals surface area contributed by atoms with Crippen LogP contribution in [0.2, 0.25) is 0 Å². The van der Waals surface area contributed by atoms with E-state index in [1.807, 2.05) is 4.57 Å². The number of nitrogen functional groups attached to an aromatic ring is 1. The Balaban J connectivity index is 1.69. The van der Waals surface area contributed by atoms with Crippen molar-refractivity contribution in [2.24, 2.45) is 0 Å². The van der Waals surface area contributed by atoms with Crippen LogP contribution in [0.4, 0.5) is 0 Å². The average molecular weight is 332 g/mol. The maximum absolute atomic E-state index is 10.3. The Morgan fingerprint density at radius 1 is 1.22 bits per heavy atom. The molecule has 3 aromatic rings. The Bertz CT molecular complexity index is 840. The molecule has 2 aromatic heterocycles. The molecule has 0 aliphatic rings. The molecule has 8 heteroatoms. The lowest BCUT2D eigenvalue weighted by Crippen LogP contribution is -2.19. The smallest absolute Gasteiger partial charge is 0.209 e. The van der Waals surface area contributed by atoms with E-state index in [0.29, 0.717) is 23.3 Å². The van der Waals surface area contributed by atoms with Gasteiger partial charge in [0.15, 0.2) is 0 Å². The van der Waals surface area contributed by atoms with Crippen molar-refractivity contribution in [2.45, 2.75) is 38.6 Å². The Kier molecular flexibility index (Phi) is 4.27. The third-order valence-electron chi connectivity index (χ3n) is 3.88. The number of benzene rings is 1. The van der Waals surface area contributed by atoms with E-state index in [1.165, 1.54) is 27.6 Å². The first-order valence-corrected chi connectivity index (χ1v) is 8.34. The second kappa shape index (κ2) is 6.21. The second-order valence-electron chi connectivity index (χ2n) is 5.69. The number of nitrogens with two attached hydrogens (primary N) is 1. The largest absolute Gasteiger partial charge is 0.390 e. The molecule has 3 rings (SSSR count). The molecular formula is C15H20N6OS. The molecule has 0 bridgehead atoms. The predicted octanol–water partition coefficient (Wildman–Crippen LogP) is 1.42. The predicted molar refractivity (Wildman–Crippen MR) is 90.8 cm³/mol. The monoisotopic (exact) mass is 332 g/mol. The molecule has 0 amide bonds. The summed E-state index contributed by atoms with van der Waals surface area (Å²) in [4.78, 5) is 4.41. The fraction of sp³-hybridized carbons (Fsp3) is 0.400. The molecule has 122 valence electrons. The molecule has 0 aliphatic carbocycles. The highest BCUT2D eigenvalue weighted by molar-refractivity contribution is 7.99. The van der Waals surface area contributed by atoms with Crippen LogP contribution in [0.15, 0.2) is 23.6 Å². The van der Waals surface area contributed by atoms with Crippen LogP contribution in [0.5, 0.6) is 0 Å². The van der Waals surface area contributed by atoms with Crippen LogP contribution < -0.4 is 5.84 Å². The zero-order chi connectivity index (χ0) is 16.6. The number of rotatable bonds is 5. The lowest BCUT2D eigenvalue weighted by molar-refractivity contribution is 0.179. The van der Waals surface area contributed by atoms with Crippen LogP contribution in [0.25, 0.3) is 11.0 Å². The number of aryl methyl sites for hydroxylation is 3. The third-order valence-corrected chi connectivity index (χ3v) is 4.97. The normalized spacial score (nSPS) is 12.9. The van der Waals surface area contributed by atoms with Gasteiger partial charge in [-0.25, -0.2) is 9.66 Å². The molecule has 0 aliphatic heterocycles. The Morgan fingerprint density at radius 2 is 1.96 bits per heavy atom. The van der Waals surface area contributed by atoms with Crippen LogP contribution in [0, 0.1) is 20.8 Å². The fourth-order valence-electron chi connectivity index (χ4n) is 2.36. The highest BCUT2D eigenvalue weighted by atomic mass is 32.2. The van der Waals surface area contributed by atoms with Crippen molar-refractivity contribution in [1.82, 2.24) is 24.4 Å². The van der Waals surface area contributed by atoms with Gasteiger partial charge in [-0.05, 0) is 44.0 Å². The summed E-state index contributed by atoms with van der Waals surface area (Å²) in [6.07, 6.45) is 1.24. The van der Waals surface area contributed by atoms with E-state index >= 15 is 0 Å². The summed E-state index contributed by atoms with van der Waals surface area (Å²) in [6.45, 7) is 6.41. The molecule has 0 radical (unpaired) electrons. The summed E-state index contributed by atoms with van der Waals surface area (Å²) in [5, 5.41) is 18.8. The van der Waals surface area contributed by atoms with Crippen molar-refractivity contribution >= 4 is 22.8 Å². The van der Waals surface area contributed by atoms with Crippen LogP contribution >= 0.6 is 11.8 Å². The summed E-state index contributed by atoms with van der Waals surface area (Å²) < 4.78 is 3.40. The number of imidazole rings is 1. The topological polar surface area (TPSA) is 94.8 Å². The number of aromatic nitrogens is 5. The minimum absolute atomic E-state index is 0.476. The second-order valence-corrected chi connectivity index (χ2v) is 6.67. The molecule has 1 unspecified atom stereocenters. The number of aliphatic hydroxyl groups is 1. The van der Waals surface area contributed by atoms with E-state index in [0.717, 1.165) is 11.0 Å². The number of hydrogen-bond acceptors (Lipinski definition) is 6. The first-order valence-electron chi connectivity index (χ1n) is 7.35. The maximum atomic E-state index is 10.3. The zero-order valence-corrected chi connectivity index (χ0v) is 14.2. The van der Waals surface area contributed by atoms with Gasteiger partial charge in [0.25, 0.3) is 0 Å². The van der Waals surface area contributed by atoms with Gasteiger partial charge in [-0.2, -0.15) is 0 Å². The zero-order valence-electron chi connectivity index (χ0n) is 13.4. The van der Waals surface area contributed by atoms with Crippen molar-refractivity contribution in [3.05, 3.63) is 35.4 Å². The summed E-state index contributed by atoms with van der Waals surface area (Å²) in [5.41, 5.74) is 4.42. The number of aliphatic hydroxyl groups excluding tert-OH is 1. The van der Waals surface area contributed by atoms with Crippen LogP contribution in [-0.2, 0) is 6.54 Å². The van der Waals surface area contributed by atoms with Crippen molar-refractivity contribution in [3.8, 4) is 0 Å². The van der Waals surface area contributed by atoms with Crippen molar-refractivity contribution in [1.29, 1.82) is 0 Å². The minimum Gasteiger partial charge on any atom is -0.390 e. The number of thioether (sulfide) groups is 1. The van der Waals surface area contributed by atoms with Crippen LogP contribution in [0.1, 0.15) is 17.0 Å². The van der Waals surface area contributed by atoms with Gasteiger partial charge in [-0.15, -0.1) is 10.2 Å². The number of hydrogen-bond donors (Lipinski definition) is 2. The summed E-state index contributed by atoms with van der Waals surface area (Å²) >= 11 is 1.39. The first-order chi connectivity index (χ1) is 11.0.